The maximum Gasteiger partial charge on any atom is 0.257 e. The molecule has 1 atom stereocenters. The van der Waals surface area contributed by atoms with Gasteiger partial charge in [0.05, 0.1) is 0 Å². The highest BCUT2D eigenvalue weighted by molar-refractivity contribution is 5.86. The third-order valence-corrected chi connectivity index (χ3v) is 7.69. The molecule has 0 aromatic rings. The lowest BCUT2D eigenvalue weighted by atomic mass is 10.1. The van der Waals surface area contributed by atoms with Crippen LogP contribution in [0, 0.1) is 0 Å². The Morgan fingerprint density at radius 1 is 0.548 bits per heavy atom. The molecule has 0 heterocycles. The van der Waals surface area contributed by atoms with Crippen LogP contribution in [0.3, 0.4) is 0 Å². The normalized spacial score (nSPS) is 12.5. The Hall–Kier alpha value is -1.88. The minimum atomic E-state index is -0.960. The average molecular weight is 588 g/mol. The van der Waals surface area contributed by atoms with Crippen LogP contribution in [0.25, 0.3) is 0 Å². The van der Waals surface area contributed by atoms with E-state index in [9.17, 15) is 9.59 Å². The van der Waals surface area contributed by atoms with E-state index >= 15 is 0 Å². The minimum absolute atomic E-state index is 0.135. The van der Waals surface area contributed by atoms with Crippen molar-refractivity contribution >= 4 is 11.8 Å². The summed E-state index contributed by atoms with van der Waals surface area (Å²) in [6.07, 6.45) is 42.3. The Labute approximate surface area is 261 Å². The molecule has 5 nitrogen and oxygen atoms in total. The van der Waals surface area contributed by atoms with Gasteiger partial charge in [0.1, 0.15) is 0 Å². The van der Waals surface area contributed by atoms with Crippen molar-refractivity contribution in [3.05, 3.63) is 36.5 Å². The standard InChI is InChI=1S/C37H69N3O2/c1-3-5-7-9-11-13-15-17-19-21-23-25-27-29-31-33-35(41)40-36(38)37(42)39-34-32-30-28-26-24-22-20-18-16-14-12-10-8-6-4-2/h11,13,17-20,36H,3-10,12,14-16,21-34,38H2,1-2H3,(H,39,42)(H,40,41)/b13-11-,19-17-,20-18-. The van der Waals surface area contributed by atoms with Gasteiger partial charge in [-0.15, -0.1) is 0 Å². The summed E-state index contributed by atoms with van der Waals surface area (Å²) in [6, 6.07) is 0. The molecular weight excluding hydrogens is 518 g/mol. The fourth-order valence-corrected chi connectivity index (χ4v) is 4.93. The second-order valence-corrected chi connectivity index (χ2v) is 11.9. The van der Waals surface area contributed by atoms with E-state index in [2.05, 4.69) is 60.9 Å². The van der Waals surface area contributed by atoms with Crippen LogP contribution in [0.2, 0.25) is 0 Å². The summed E-state index contributed by atoms with van der Waals surface area (Å²) in [4.78, 5) is 24.3. The third kappa shape index (κ3) is 31.1. The van der Waals surface area contributed by atoms with E-state index in [-0.39, 0.29) is 11.8 Å². The molecular formula is C37H69N3O2. The zero-order valence-electron chi connectivity index (χ0n) is 27.8. The minimum Gasteiger partial charge on any atom is -0.353 e. The molecule has 0 aromatic carbocycles. The van der Waals surface area contributed by atoms with Gasteiger partial charge in [-0.1, -0.05) is 134 Å². The highest BCUT2D eigenvalue weighted by Crippen LogP contribution is 2.10. The monoisotopic (exact) mass is 588 g/mol. The van der Waals surface area contributed by atoms with Crippen LogP contribution in [-0.4, -0.2) is 24.5 Å². The van der Waals surface area contributed by atoms with E-state index in [1.807, 2.05) is 0 Å². The number of nitrogens with two attached hydrogens (primary N) is 1. The summed E-state index contributed by atoms with van der Waals surface area (Å²) >= 11 is 0. The number of nitrogens with one attached hydrogen (secondary N) is 2. The zero-order valence-corrected chi connectivity index (χ0v) is 27.8. The maximum absolute atomic E-state index is 12.2. The van der Waals surface area contributed by atoms with Crippen molar-refractivity contribution in [2.24, 2.45) is 5.73 Å². The average Bonchev–Trinajstić information content (AvgIpc) is 2.98. The van der Waals surface area contributed by atoms with Gasteiger partial charge >= 0.3 is 0 Å². The second kappa shape index (κ2) is 33.6. The van der Waals surface area contributed by atoms with E-state index in [4.69, 9.17) is 5.73 Å². The Bertz CT molecular complexity index is 686. The van der Waals surface area contributed by atoms with E-state index in [1.165, 1.54) is 109 Å². The van der Waals surface area contributed by atoms with Gasteiger partial charge in [-0.3, -0.25) is 9.59 Å². The van der Waals surface area contributed by atoms with Crippen LogP contribution in [-0.2, 0) is 9.59 Å². The summed E-state index contributed by atoms with van der Waals surface area (Å²) in [5.74, 6) is -0.428. The third-order valence-electron chi connectivity index (χ3n) is 7.69. The first kappa shape index (κ1) is 40.1. The molecule has 0 aliphatic heterocycles. The summed E-state index contributed by atoms with van der Waals surface area (Å²) in [7, 11) is 0. The van der Waals surface area contributed by atoms with Crippen LogP contribution in [0.4, 0.5) is 0 Å². The number of hydrogen-bond acceptors (Lipinski definition) is 3. The Balaban J connectivity index is 3.51. The SMILES string of the molecule is CCCCC/C=C\C/C=C\CCCCCCCC(=O)NC(N)C(=O)NCCCCCCC/C=C\CCCCCCCC. The van der Waals surface area contributed by atoms with Crippen molar-refractivity contribution in [1.82, 2.24) is 10.6 Å². The number of carbonyl (C=O) groups excluding carboxylic acids is 2. The van der Waals surface area contributed by atoms with Gasteiger partial charge in [-0.2, -0.15) is 0 Å². The number of hydrogen-bond donors (Lipinski definition) is 3. The molecule has 0 saturated carbocycles. The van der Waals surface area contributed by atoms with Crippen LogP contribution in [0.5, 0.6) is 0 Å². The molecule has 0 spiro atoms. The summed E-state index contributed by atoms with van der Waals surface area (Å²) in [6.45, 7) is 5.12. The van der Waals surface area contributed by atoms with E-state index < -0.39 is 6.17 Å². The molecule has 0 radical (unpaired) electrons. The van der Waals surface area contributed by atoms with Gasteiger partial charge in [0.2, 0.25) is 5.91 Å². The zero-order chi connectivity index (χ0) is 30.8. The van der Waals surface area contributed by atoms with Gasteiger partial charge in [0, 0.05) is 13.0 Å². The van der Waals surface area contributed by atoms with Crippen LogP contribution in [0.15, 0.2) is 36.5 Å². The van der Waals surface area contributed by atoms with Gasteiger partial charge in [-0.05, 0) is 70.6 Å². The molecule has 42 heavy (non-hydrogen) atoms. The Morgan fingerprint density at radius 2 is 0.952 bits per heavy atom. The lowest BCUT2D eigenvalue weighted by Crippen LogP contribution is -2.52. The molecule has 4 N–H and O–H groups in total. The van der Waals surface area contributed by atoms with E-state index in [0.29, 0.717) is 13.0 Å². The summed E-state index contributed by atoms with van der Waals surface area (Å²) < 4.78 is 0. The molecule has 244 valence electrons. The van der Waals surface area contributed by atoms with Crippen molar-refractivity contribution in [1.29, 1.82) is 0 Å². The molecule has 0 bridgehead atoms. The van der Waals surface area contributed by atoms with Crippen molar-refractivity contribution in [2.75, 3.05) is 6.54 Å². The first-order valence-electron chi connectivity index (χ1n) is 17.9. The molecule has 0 rings (SSSR count). The van der Waals surface area contributed by atoms with Crippen LogP contribution in [0.1, 0.15) is 174 Å². The fourth-order valence-electron chi connectivity index (χ4n) is 4.93. The van der Waals surface area contributed by atoms with Gasteiger partial charge in [0.25, 0.3) is 5.91 Å². The lowest BCUT2D eigenvalue weighted by Gasteiger charge is -2.14. The Kier molecular flexibility index (Phi) is 32.1. The molecule has 0 aliphatic rings. The van der Waals surface area contributed by atoms with Crippen molar-refractivity contribution < 1.29 is 9.59 Å². The van der Waals surface area contributed by atoms with Gasteiger partial charge < -0.3 is 16.4 Å². The predicted molar refractivity (Wildman–Crippen MR) is 183 cm³/mol. The molecule has 0 fully saturated rings. The molecule has 1 unspecified atom stereocenters. The fraction of sp³-hybridized carbons (Fsp3) is 0.784. The quantitative estimate of drug-likeness (QED) is 0.0429. The molecule has 0 aromatic heterocycles. The lowest BCUT2D eigenvalue weighted by molar-refractivity contribution is -0.128. The van der Waals surface area contributed by atoms with E-state index in [0.717, 1.165) is 44.9 Å². The van der Waals surface area contributed by atoms with Crippen LogP contribution >= 0.6 is 0 Å². The summed E-state index contributed by atoms with van der Waals surface area (Å²) in [5.41, 5.74) is 5.88. The van der Waals surface area contributed by atoms with Gasteiger partial charge in [-0.25, -0.2) is 0 Å². The number of unbranched alkanes of at least 4 members (excludes halogenated alkanes) is 19. The van der Waals surface area contributed by atoms with Crippen molar-refractivity contribution in [2.45, 2.75) is 181 Å². The highest BCUT2D eigenvalue weighted by Gasteiger charge is 2.15. The highest BCUT2D eigenvalue weighted by atomic mass is 16.2. The summed E-state index contributed by atoms with van der Waals surface area (Å²) in [5, 5.41) is 5.50. The molecule has 2 amide bonds. The van der Waals surface area contributed by atoms with Gasteiger partial charge in [0.15, 0.2) is 6.17 Å². The van der Waals surface area contributed by atoms with Crippen molar-refractivity contribution in [3.63, 3.8) is 0 Å². The molecule has 0 aliphatic carbocycles. The first-order valence-corrected chi connectivity index (χ1v) is 17.9. The number of rotatable bonds is 31. The smallest absolute Gasteiger partial charge is 0.257 e. The van der Waals surface area contributed by atoms with Crippen LogP contribution < -0.4 is 16.4 Å². The van der Waals surface area contributed by atoms with E-state index in [1.54, 1.807) is 0 Å². The maximum atomic E-state index is 12.2. The predicted octanol–water partition coefficient (Wildman–Crippen LogP) is 9.96. The molecule has 0 saturated heterocycles. The molecule has 5 heteroatoms. The number of allylic oxidation sites excluding steroid dienone is 6. The topological polar surface area (TPSA) is 84.2 Å². The Morgan fingerprint density at radius 3 is 1.50 bits per heavy atom. The largest absolute Gasteiger partial charge is 0.353 e. The number of amides is 2. The first-order chi connectivity index (χ1) is 20.6. The second-order valence-electron chi connectivity index (χ2n) is 11.9. The number of carbonyl (C=O) groups is 2. The van der Waals surface area contributed by atoms with Crippen molar-refractivity contribution in [3.8, 4) is 0 Å².